The molecule has 1 unspecified atom stereocenters. The lowest BCUT2D eigenvalue weighted by molar-refractivity contribution is 0.573. The van der Waals surface area contributed by atoms with Crippen LogP contribution in [0.2, 0.25) is 0 Å². The van der Waals surface area contributed by atoms with Crippen LogP contribution in [0.3, 0.4) is 0 Å². The molecular weight excluding hydrogens is 329 g/mol. The summed E-state index contributed by atoms with van der Waals surface area (Å²) in [7, 11) is 1.86. The highest BCUT2D eigenvalue weighted by Crippen LogP contribution is 2.31. The van der Waals surface area contributed by atoms with E-state index in [9.17, 15) is 4.39 Å². The summed E-state index contributed by atoms with van der Waals surface area (Å²) >= 11 is 3.47. The molecule has 0 heterocycles. The molecule has 1 atom stereocenters. The SMILES string of the molecule is CCc1ccc(C(NC)c2c(F)cccc2Br)cc1CC. The van der Waals surface area contributed by atoms with Crippen LogP contribution in [-0.2, 0) is 12.8 Å². The van der Waals surface area contributed by atoms with Gasteiger partial charge in [0, 0.05) is 10.0 Å². The summed E-state index contributed by atoms with van der Waals surface area (Å²) in [6, 6.07) is 11.4. The van der Waals surface area contributed by atoms with E-state index in [-0.39, 0.29) is 11.9 Å². The highest BCUT2D eigenvalue weighted by molar-refractivity contribution is 9.10. The summed E-state index contributed by atoms with van der Waals surface area (Å²) in [5, 5.41) is 3.24. The van der Waals surface area contributed by atoms with Gasteiger partial charge in [0.05, 0.1) is 6.04 Å². The van der Waals surface area contributed by atoms with Crippen molar-refractivity contribution in [3.63, 3.8) is 0 Å². The van der Waals surface area contributed by atoms with Crippen LogP contribution in [0.1, 0.15) is 42.1 Å². The summed E-state index contributed by atoms with van der Waals surface area (Å²) in [6.07, 6.45) is 2.02. The standard InChI is InChI=1S/C18H21BrFN/c1-4-12-9-10-14(11-13(12)5-2)18(21-3)17-15(19)7-6-8-16(17)20/h6-11,18,21H,4-5H2,1-3H3. The van der Waals surface area contributed by atoms with Crippen LogP contribution in [0.5, 0.6) is 0 Å². The van der Waals surface area contributed by atoms with Gasteiger partial charge in [-0.05, 0) is 48.7 Å². The normalized spacial score (nSPS) is 12.4. The van der Waals surface area contributed by atoms with Crippen molar-refractivity contribution in [1.82, 2.24) is 5.32 Å². The second-order valence-corrected chi connectivity index (χ2v) is 5.95. The molecule has 0 bridgehead atoms. The first kappa shape index (κ1) is 16.2. The number of nitrogens with one attached hydrogen (secondary N) is 1. The number of aryl methyl sites for hydroxylation is 2. The summed E-state index contributed by atoms with van der Waals surface area (Å²) in [5.41, 5.74) is 4.45. The highest BCUT2D eigenvalue weighted by Gasteiger charge is 2.19. The van der Waals surface area contributed by atoms with Crippen LogP contribution in [0.15, 0.2) is 40.9 Å². The molecule has 0 saturated heterocycles. The first-order valence-corrected chi connectivity index (χ1v) is 8.14. The van der Waals surface area contributed by atoms with E-state index in [1.807, 2.05) is 13.1 Å². The maximum absolute atomic E-state index is 14.2. The molecule has 0 spiro atoms. The van der Waals surface area contributed by atoms with Crippen molar-refractivity contribution in [2.45, 2.75) is 32.7 Å². The van der Waals surface area contributed by atoms with E-state index in [2.05, 4.69) is 53.3 Å². The topological polar surface area (TPSA) is 12.0 Å². The lowest BCUT2D eigenvalue weighted by atomic mass is 9.93. The Labute approximate surface area is 134 Å². The minimum Gasteiger partial charge on any atom is -0.309 e. The summed E-state index contributed by atoms with van der Waals surface area (Å²) in [5.74, 6) is -0.193. The molecule has 2 aromatic rings. The quantitative estimate of drug-likeness (QED) is 0.798. The maximum Gasteiger partial charge on any atom is 0.129 e. The Hall–Kier alpha value is -1.19. The van der Waals surface area contributed by atoms with Crippen LogP contribution in [0.25, 0.3) is 0 Å². The molecule has 3 heteroatoms. The first-order chi connectivity index (χ1) is 10.1. The van der Waals surface area contributed by atoms with Gasteiger partial charge >= 0.3 is 0 Å². The smallest absolute Gasteiger partial charge is 0.129 e. The predicted octanol–water partition coefficient (Wildman–Crippen LogP) is 5.02. The number of hydrogen-bond acceptors (Lipinski definition) is 1. The van der Waals surface area contributed by atoms with Gasteiger partial charge in [-0.15, -0.1) is 0 Å². The van der Waals surface area contributed by atoms with Gasteiger partial charge < -0.3 is 5.32 Å². The third kappa shape index (κ3) is 3.35. The Bertz CT molecular complexity index is 604. The molecule has 0 aromatic heterocycles. The molecule has 0 saturated carbocycles. The van der Waals surface area contributed by atoms with E-state index in [1.54, 1.807) is 6.07 Å². The van der Waals surface area contributed by atoms with Crippen LogP contribution in [0.4, 0.5) is 4.39 Å². The molecule has 0 aliphatic rings. The minimum absolute atomic E-state index is 0.156. The third-order valence-corrected chi connectivity index (χ3v) is 4.59. The lowest BCUT2D eigenvalue weighted by Gasteiger charge is -2.21. The Morgan fingerprint density at radius 2 is 1.81 bits per heavy atom. The summed E-state index contributed by atoms with van der Waals surface area (Å²) < 4.78 is 15.0. The average Bonchev–Trinajstić information content (AvgIpc) is 2.50. The largest absolute Gasteiger partial charge is 0.309 e. The Kier molecular flexibility index (Phi) is 5.54. The van der Waals surface area contributed by atoms with E-state index in [0.29, 0.717) is 5.56 Å². The van der Waals surface area contributed by atoms with E-state index >= 15 is 0 Å². The van der Waals surface area contributed by atoms with Gasteiger partial charge in [-0.2, -0.15) is 0 Å². The molecule has 0 fully saturated rings. The van der Waals surface area contributed by atoms with Crippen molar-refractivity contribution in [2.75, 3.05) is 7.05 Å². The molecule has 0 radical (unpaired) electrons. The third-order valence-electron chi connectivity index (χ3n) is 3.90. The fourth-order valence-corrected chi connectivity index (χ4v) is 3.33. The molecule has 21 heavy (non-hydrogen) atoms. The van der Waals surface area contributed by atoms with E-state index in [4.69, 9.17) is 0 Å². The zero-order chi connectivity index (χ0) is 15.4. The van der Waals surface area contributed by atoms with Crippen molar-refractivity contribution in [2.24, 2.45) is 0 Å². The van der Waals surface area contributed by atoms with Crippen LogP contribution in [-0.4, -0.2) is 7.05 Å². The fourth-order valence-electron chi connectivity index (χ4n) is 2.76. The zero-order valence-corrected chi connectivity index (χ0v) is 14.3. The number of benzene rings is 2. The minimum atomic E-state index is -0.193. The molecule has 112 valence electrons. The molecule has 0 amide bonds. The van der Waals surface area contributed by atoms with Crippen molar-refractivity contribution in [3.05, 3.63) is 68.9 Å². The average molecular weight is 350 g/mol. The number of rotatable bonds is 5. The maximum atomic E-state index is 14.2. The van der Waals surface area contributed by atoms with Crippen LogP contribution < -0.4 is 5.32 Å². The van der Waals surface area contributed by atoms with Crippen LogP contribution >= 0.6 is 15.9 Å². The molecule has 1 N–H and O–H groups in total. The fraction of sp³-hybridized carbons (Fsp3) is 0.333. The number of hydrogen-bond donors (Lipinski definition) is 1. The Morgan fingerprint density at radius 3 is 2.38 bits per heavy atom. The highest BCUT2D eigenvalue weighted by atomic mass is 79.9. The van der Waals surface area contributed by atoms with Gasteiger partial charge in [-0.25, -0.2) is 4.39 Å². The second kappa shape index (κ2) is 7.19. The Morgan fingerprint density at radius 1 is 1.10 bits per heavy atom. The van der Waals surface area contributed by atoms with E-state index in [1.165, 1.54) is 17.2 Å². The predicted molar refractivity (Wildman–Crippen MR) is 90.2 cm³/mol. The van der Waals surface area contributed by atoms with E-state index < -0.39 is 0 Å². The molecule has 2 rings (SSSR count). The first-order valence-electron chi connectivity index (χ1n) is 7.35. The van der Waals surface area contributed by atoms with Crippen molar-refractivity contribution in [1.29, 1.82) is 0 Å². The summed E-state index contributed by atoms with van der Waals surface area (Å²) in [4.78, 5) is 0. The molecule has 2 aromatic carbocycles. The van der Waals surface area contributed by atoms with Crippen LogP contribution in [0, 0.1) is 5.82 Å². The monoisotopic (exact) mass is 349 g/mol. The van der Waals surface area contributed by atoms with Gasteiger partial charge in [-0.1, -0.05) is 54.0 Å². The zero-order valence-electron chi connectivity index (χ0n) is 12.7. The van der Waals surface area contributed by atoms with Gasteiger partial charge in [-0.3, -0.25) is 0 Å². The van der Waals surface area contributed by atoms with Gasteiger partial charge in [0.1, 0.15) is 5.82 Å². The molecule has 0 aliphatic heterocycles. The van der Waals surface area contributed by atoms with Crippen molar-refractivity contribution < 1.29 is 4.39 Å². The van der Waals surface area contributed by atoms with Gasteiger partial charge in [0.15, 0.2) is 0 Å². The second-order valence-electron chi connectivity index (χ2n) is 5.09. The van der Waals surface area contributed by atoms with Crippen molar-refractivity contribution >= 4 is 15.9 Å². The molecule has 1 nitrogen and oxygen atoms in total. The van der Waals surface area contributed by atoms with E-state index in [0.717, 1.165) is 22.9 Å². The molecular formula is C18H21BrFN. The summed E-state index contributed by atoms with van der Waals surface area (Å²) in [6.45, 7) is 4.32. The molecule has 0 aliphatic carbocycles. The lowest BCUT2D eigenvalue weighted by Crippen LogP contribution is -2.20. The van der Waals surface area contributed by atoms with Gasteiger partial charge in [0.25, 0.3) is 0 Å². The number of halogens is 2. The van der Waals surface area contributed by atoms with Crippen molar-refractivity contribution in [3.8, 4) is 0 Å². The Balaban J connectivity index is 2.51. The van der Waals surface area contributed by atoms with Gasteiger partial charge in [0.2, 0.25) is 0 Å².